The maximum Gasteiger partial charge on any atom is 0.146 e. The summed E-state index contributed by atoms with van der Waals surface area (Å²) < 4.78 is 13.4. The van der Waals surface area contributed by atoms with Crippen LogP contribution >= 0.6 is 0 Å². The molecule has 0 aliphatic heterocycles. The van der Waals surface area contributed by atoms with Gasteiger partial charge >= 0.3 is 0 Å². The first kappa shape index (κ1) is 10.7. The van der Waals surface area contributed by atoms with E-state index in [0.29, 0.717) is 12.0 Å². The first-order valence-electron chi connectivity index (χ1n) is 5.01. The Morgan fingerprint density at radius 1 is 1.12 bits per heavy atom. The van der Waals surface area contributed by atoms with Gasteiger partial charge in [0.05, 0.1) is 6.20 Å². The van der Waals surface area contributed by atoms with Gasteiger partial charge in [0.15, 0.2) is 0 Å². The van der Waals surface area contributed by atoms with Crippen LogP contribution in [0.15, 0.2) is 43.0 Å². The molecule has 2 aromatic heterocycles. The monoisotopic (exact) mass is 217 g/mol. The van der Waals surface area contributed by atoms with E-state index in [-0.39, 0.29) is 11.9 Å². The Kier molecular flexibility index (Phi) is 3.22. The van der Waals surface area contributed by atoms with Crippen molar-refractivity contribution in [3.05, 3.63) is 59.9 Å². The second kappa shape index (κ2) is 4.81. The Morgan fingerprint density at radius 2 is 1.81 bits per heavy atom. The average Bonchev–Trinajstić information content (AvgIpc) is 2.31. The molecule has 2 rings (SSSR count). The maximum absolute atomic E-state index is 13.4. The Labute approximate surface area is 93.2 Å². The topological polar surface area (TPSA) is 51.8 Å². The van der Waals surface area contributed by atoms with E-state index in [1.807, 2.05) is 12.1 Å². The quantitative estimate of drug-likeness (QED) is 0.853. The highest BCUT2D eigenvalue weighted by Crippen LogP contribution is 2.17. The van der Waals surface area contributed by atoms with Crippen molar-refractivity contribution in [2.24, 2.45) is 5.73 Å². The minimum atomic E-state index is -0.357. The number of rotatable bonds is 3. The van der Waals surface area contributed by atoms with Gasteiger partial charge in [-0.15, -0.1) is 0 Å². The fourth-order valence-electron chi connectivity index (χ4n) is 1.57. The number of halogens is 1. The second-order valence-corrected chi connectivity index (χ2v) is 3.56. The van der Waals surface area contributed by atoms with Gasteiger partial charge in [0.2, 0.25) is 0 Å². The molecule has 2 heterocycles. The molecule has 0 bridgehead atoms. The molecule has 2 aromatic rings. The van der Waals surface area contributed by atoms with Crippen molar-refractivity contribution < 1.29 is 4.39 Å². The van der Waals surface area contributed by atoms with Crippen LogP contribution in [0.3, 0.4) is 0 Å². The molecule has 0 amide bonds. The molecule has 2 N–H and O–H groups in total. The molecular weight excluding hydrogens is 205 g/mol. The van der Waals surface area contributed by atoms with Crippen LogP contribution in [0.25, 0.3) is 0 Å². The molecule has 0 spiro atoms. The highest BCUT2D eigenvalue weighted by atomic mass is 19.1. The summed E-state index contributed by atoms with van der Waals surface area (Å²) >= 11 is 0. The van der Waals surface area contributed by atoms with E-state index in [1.54, 1.807) is 24.7 Å². The summed E-state index contributed by atoms with van der Waals surface area (Å²) in [5.74, 6) is -0.357. The number of hydrogen-bond donors (Lipinski definition) is 1. The van der Waals surface area contributed by atoms with Crippen LogP contribution < -0.4 is 5.73 Å². The van der Waals surface area contributed by atoms with Gasteiger partial charge in [-0.25, -0.2) is 4.39 Å². The smallest absolute Gasteiger partial charge is 0.146 e. The lowest BCUT2D eigenvalue weighted by atomic mass is 10.0. The SMILES string of the molecule is NC(Cc1ccncc1)c1ccncc1F. The van der Waals surface area contributed by atoms with Crippen LogP contribution in [0.1, 0.15) is 17.2 Å². The summed E-state index contributed by atoms with van der Waals surface area (Å²) in [5, 5.41) is 0. The zero-order valence-corrected chi connectivity index (χ0v) is 8.68. The molecular formula is C12H12FN3. The van der Waals surface area contributed by atoms with Crippen LogP contribution in [0, 0.1) is 5.82 Å². The van der Waals surface area contributed by atoms with E-state index in [2.05, 4.69) is 9.97 Å². The summed E-state index contributed by atoms with van der Waals surface area (Å²) in [6.07, 6.45) is 6.71. The van der Waals surface area contributed by atoms with Crippen molar-refractivity contribution in [1.29, 1.82) is 0 Å². The number of aromatic nitrogens is 2. The molecule has 16 heavy (non-hydrogen) atoms. The summed E-state index contributed by atoms with van der Waals surface area (Å²) in [4.78, 5) is 7.61. The van der Waals surface area contributed by atoms with Gasteiger partial charge < -0.3 is 5.73 Å². The fourth-order valence-corrected chi connectivity index (χ4v) is 1.57. The summed E-state index contributed by atoms with van der Waals surface area (Å²) in [5.41, 5.74) is 7.47. The van der Waals surface area contributed by atoms with Crippen molar-refractivity contribution >= 4 is 0 Å². The Balaban J connectivity index is 2.15. The zero-order chi connectivity index (χ0) is 11.4. The molecule has 82 valence electrons. The van der Waals surface area contributed by atoms with Crippen LogP contribution in [0.4, 0.5) is 4.39 Å². The molecule has 0 aliphatic carbocycles. The Morgan fingerprint density at radius 3 is 2.50 bits per heavy atom. The Bertz CT molecular complexity index is 459. The van der Waals surface area contributed by atoms with Gasteiger partial charge in [-0.05, 0) is 30.2 Å². The number of nitrogens with zero attached hydrogens (tertiary/aromatic N) is 2. The van der Waals surface area contributed by atoms with Crippen molar-refractivity contribution in [3.63, 3.8) is 0 Å². The molecule has 3 nitrogen and oxygen atoms in total. The molecule has 4 heteroatoms. The number of nitrogens with two attached hydrogens (primary N) is 1. The van der Waals surface area contributed by atoms with E-state index in [1.165, 1.54) is 6.20 Å². The molecule has 0 saturated carbocycles. The lowest BCUT2D eigenvalue weighted by Gasteiger charge is -2.12. The van der Waals surface area contributed by atoms with E-state index < -0.39 is 0 Å². The van der Waals surface area contributed by atoms with Crippen LogP contribution in [0.2, 0.25) is 0 Å². The largest absolute Gasteiger partial charge is 0.324 e. The molecule has 0 saturated heterocycles. The molecule has 0 aromatic carbocycles. The minimum absolute atomic E-state index is 0.356. The molecule has 0 fully saturated rings. The van der Waals surface area contributed by atoms with E-state index in [4.69, 9.17) is 5.73 Å². The van der Waals surface area contributed by atoms with Crippen LogP contribution in [0.5, 0.6) is 0 Å². The Hall–Kier alpha value is -1.81. The lowest BCUT2D eigenvalue weighted by Crippen LogP contribution is -2.15. The van der Waals surface area contributed by atoms with Crippen LogP contribution in [-0.4, -0.2) is 9.97 Å². The van der Waals surface area contributed by atoms with Crippen molar-refractivity contribution in [2.45, 2.75) is 12.5 Å². The average molecular weight is 217 g/mol. The standard InChI is InChI=1S/C12H12FN3/c13-11-8-16-6-3-10(11)12(14)7-9-1-4-15-5-2-9/h1-6,8,12H,7,14H2. The van der Waals surface area contributed by atoms with Gasteiger partial charge in [0.25, 0.3) is 0 Å². The van der Waals surface area contributed by atoms with Crippen LogP contribution in [-0.2, 0) is 6.42 Å². The van der Waals surface area contributed by atoms with Crippen molar-refractivity contribution in [2.75, 3.05) is 0 Å². The summed E-state index contributed by atoms with van der Waals surface area (Å²) in [6.45, 7) is 0. The van der Waals surface area contributed by atoms with Gasteiger partial charge in [-0.2, -0.15) is 0 Å². The number of pyridine rings is 2. The van der Waals surface area contributed by atoms with Crippen molar-refractivity contribution in [3.8, 4) is 0 Å². The highest BCUT2D eigenvalue weighted by Gasteiger charge is 2.11. The number of hydrogen-bond acceptors (Lipinski definition) is 3. The first-order chi connectivity index (χ1) is 7.77. The van der Waals surface area contributed by atoms with Gasteiger partial charge in [0.1, 0.15) is 5.82 Å². The molecule has 1 atom stereocenters. The predicted molar refractivity (Wildman–Crippen MR) is 59.1 cm³/mol. The minimum Gasteiger partial charge on any atom is -0.324 e. The molecule has 0 aliphatic rings. The van der Waals surface area contributed by atoms with Gasteiger partial charge in [-0.1, -0.05) is 0 Å². The summed E-state index contributed by atoms with van der Waals surface area (Å²) in [6, 6.07) is 5.00. The van der Waals surface area contributed by atoms with Gasteiger partial charge in [-0.3, -0.25) is 9.97 Å². The third kappa shape index (κ3) is 2.41. The maximum atomic E-state index is 13.4. The molecule has 0 radical (unpaired) electrons. The van der Waals surface area contributed by atoms with E-state index in [0.717, 1.165) is 5.56 Å². The highest BCUT2D eigenvalue weighted by molar-refractivity contribution is 5.21. The van der Waals surface area contributed by atoms with E-state index >= 15 is 0 Å². The normalized spacial score (nSPS) is 12.4. The van der Waals surface area contributed by atoms with Crippen molar-refractivity contribution in [1.82, 2.24) is 9.97 Å². The third-order valence-electron chi connectivity index (χ3n) is 2.41. The zero-order valence-electron chi connectivity index (χ0n) is 8.68. The lowest BCUT2D eigenvalue weighted by molar-refractivity contribution is 0.574. The van der Waals surface area contributed by atoms with Gasteiger partial charge in [0, 0.05) is 30.2 Å². The summed E-state index contributed by atoms with van der Waals surface area (Å²) in [7, 11) is 0. The first-order valence-corrected chi connectivity index (χ1v) is 5.01. The molecule has 1 unspecified atom stereocenters. The van der Waals surface area contributed by atoms with E-state index in [9.17, 15) is 4.39 Å². The second-order valence-electron chi connectivity index (χ2n) is 3.56. The third-order valence-corrected chi connectivity index (χ3v) is 2.41. The fraction of sp³-hybridized carbons (Fsp3) is 0.167. The predicted octanol–water partition coefficient (Wildman–Crippen LogP) is 1.86.